The molecule has 0 saturated heterocycles. The Bertz CT molecular complexity index is 544. The first-order valence-corrected chi connectivity index (χ1v) is 7.28. The average Bonchev–Trinajstić information content (AvgIpc) is 2.54. The Balaban J connectivity index is 1.87. The van der Waals surface area contributed by atoms with Crippen molar-refractivity contribution in [2.75, 3.05) is 6.61 Å². The summed E-state index contributed by atoms with van der Waals surface area (Å²) in [6, 6.07) is 14.6. The Morgan fingerprint density at radius 1 is 0.857 bits per heavy atom. The molecule has 0 heterocycles. The number of hydrogen-bond acceptors (Lipinski definition) is 3. The molecule has 21 heavy (non-hydrogen) atoms. The Morgan fingerprint density at radius 3 is 2.00 bits per heavy atom. The lowest BCUT2D eigenvalue weighted by atomic mass is 10.2. The second kappa shape index (κ2) is 8.10. The first kappa shape index (κ1) is 15.1. The van der Waals surface area contributed by atoms with E-state index in [4.69, 9.17) is 9.47 Å². The molecule has 2 aromatic carbocycles. The number of carbonyl (C=O) groups excluding carboxylic acids is 1. The monoisotopic (exact) mass is 284 g/mol. The van der Waals surface area contributed by atoms with E-state index in [0.717, 1.165) is 30.8 Å². The SMILES string of the molecule is CCCCCOc1ccc(Oc2ccc(C=O)cc2)cc1. The lowest BCUT2D eigenvalue weighted by Crippen LogP contribution is -1.96. The van der Waals surface area contributed by atoms with Crippen LogP contribution in [0.15, 0.2) is 48.5 Å². The molecule has 0 amide bonds. The quantitative estimate of drug-likeness (QED) is 0.513. The van der Waals surface area contributed by atoms with Gasteiger partial charge in [-0.2, -0.15) is 0 Å². The smallest absolute Gasteiger partial charge is 0.150 e. The summed E-state index contributed by atoms with van der Waals surface area (Å²) in [4.78, 5) is 10.6. The Morgan fingerprint density at radius 2 is 1.43 bits per heavy atom. The number of benzene rings is 2. The van der Waals surface area contributed by atoms with Crippen molar-refractivity contribution < 1.29 is 14.3 Å². The summed E-state index contributed by atoms with van der Waals surface area (Å²) >= 11 is 0. The first-order valence-electron chi connectivity index (χ1n) is 7.28. The predicted molar refractivity (Wildman–Crippen MR) is 83.4 cm³/mol. The zero-order valence-electron chi connectivity index (χ0n) is 12.2. The molecule has 0 atom stereocenters. The Labute approximate surface area is 125 Å². The van der Waals surface area contributed by atoms with Gasteiger partial charge in [-0.3, -0.25) is 4.79 Å². The van der Waals surface area contributed by atoms with Crippen LogP contribution in [0.2, 0.25) is 0 Å². The van der Waals surface area contributed by atoms with Crippen molar-refractivity contribution in [3.63, 3.8) is 0 Å². The molecule has 2 aromatic rings. The molecule has 0 aliphatic rings. The minimum absolute atomic E-state index is 0.637. The molecule has 0 saturated carbocycles. The molecule has 0 aliphatic carbocycles. The number of aldehydes is 1. The fourth-order valence-electron chi connectivity index (χ4n) is 1.90. The topological polar surface area (TPSA) is 35.5 Å². The van der Waals surface area contributed by atoms with Gasteiger partial charge in [0.25, 0.3) is 0 Å². The van der Waals surface area contributed by atoms with Gasteiger partial charge in [-0.1, -0.05) is 19.8 Å². The van der Waals surface area contributed by atoms with E-state index in [2.05, 4.69) is 6.92 Å². The molecule has 2 rings (SSSR count). The Hall–Kier alpha value is -2.29. The average molecular weight is 284 g/mol. The van der Waals surface area contributed by atoms with Crippen LogP contribution in [0.25, 0.3) is 0 Å². The minimum Gasteiger partial charge on any atom is -0.494 e. The zero-order chi connectivity index (χ0) is 14.9. The van der Waals surface area contributed by atoms with Crippen LogP contribution >= 0.6 is 0 Å². The summed E-state index contributed by atoms with van der Waals surface area (Å²) in [7, 11) is 0. The highest BCUT2D eigenvalue weighted by Crippen LogP contribution is 2.24. The van der Waals surface area contributed by atoms with Crippen LogP contribution in [-0.2, 0) is 0 Å². The van der Waals surface area contributed by atoms with E-state index in [1.807, 2.05) is 24.3 Å². The molecular formula is C18H20O3. The van der Waals surface area contributed by atoms with Gasteiger partial charge in [-0.25, -0.2) is 0 Å². The second-order valence-electron chi connectivity index (χ2n) is 4.82. The van der Waals surface area contributed by atoms with Crippen LogP contribution < -0.4 is 9.47 Å². The summed E-state index contributed by atoms with van der Waals surface area (Å²) in [5.41, 5.74) is 0.637. The van der Waals surface area contributed by atoms with E-state index in [0.29, 0.717) is 11.3 Å². The summed E-state index contributed by atoms with van der Waals surface area (Å²) in [5, 5.41) is 0. The van der Waals surface area contributed by atoms with E-state index in [-0.39, 0.29) is 0 Å². The summed E-state index contributed by atoms with van der Waals surface area (Å²) < 4.78 is 11.4. The van der Waals surface area contributed by atoms with E-state index in [9.17, 15) is 4.79 Å². The van der Waals surface area contributed by atoms with Crippen molar-refractivity contribution in [2.24, 2.45) is 0 Å². The molecule has 0 N–H and O–H groups in total. The van der Waals surface area contributed by atoms with E-state index in [1.54, 1.807) is 24.3 Å². The van der Waals surface area contributed by atoms with Crippen molar-refractivity contribution in [3.8, 4) is 17.2 Å². The molecule has 0 spiro atoms. The molecule has 3 heteroatoms. The normalized spacial score (nSPS) is 10.1. The molecule has 0 fully saturated rings. The molecule has 0 aromatic heterocycles. The van der Waals surface area contributed by atoms with Crippen LogP contribution in [0.1, 0.15) is 36.5 Å². The van der Waals surface area contributed by atoms with Crippen molar-refractivity contribution in [1.82, 2.24) is 0 Å². The van der Waals surface area contributed by atoms with Gasteiger partial charge in [0.1, 0.15) is 23.5 Å². The molecule has 110 valence electrons. The number of unbranched alkanes of at least 4 members (excludes halogenated alkanes) is 2. The van der Waals surface area contributed by atoms with Crippen molar-refractivity contribution in [3.05, 3.63) is 54.1 Å². The van der Waals surface area contributed by atoms with Crippen LogP contribution in [0.5, 0.6) is 17.2 Å². The number of carbonyl (C=O) groups is 1. The molecule has 0 bridgehead atoms. The van der Waals surface area contributed by atoms with Gasteiger partial charge in [-0.05, 0) is 55.0 Å². The fourth-order valence-corrected chi connectivity index (χ4v) is 1.90. The maximum Gasteiger partial charge on any atom is 0.150 e. The van der Waals surface area contributed by atoms with Crippen LogP contribution in [0.3, 0.4) is 0 Å². The summed E-state index contributed by atoms with van der Waals surface area (Å²) in [6.45, 7) is 2.93. The molecule has 0 unspecified atom stereocenters. The van der Waals surface area contributed by atoms with Crippen LogP contribution in [0, 0.1) is 0 Å². The van der Waals surface area contributed by atoms with Crippen molar-refractivity contribution >= 4 is 6.29 Å². The van der Waals surface area contributed by atoms with E-state index < -0.39 is 0 Å². The van der Waals surface area contributed by atoms with Crippen LogP contribution in [0.4, 0.5) is 0 Å². The maximum atomic E-state index is 10.6. The maximum absolute atomic E-state index is 10.6. The van der Waals surface area contributed by atoms with Crippen LogP contribution in [-0.4, -0.2) is 12.9 Å². The number of ether oxygens (including phenoxy) is 2. The van der Waals surface area contributed by atoms with Crippen molar-refractivity contribution in [1.29, 1.82) is 0 Å². The van der Waals surface area contributed by atoms with Gasteiger partial charge >= 0.3 is 0 Å². The van der Waals surface area contributed by atoms with Gasteiger partial charge in [0.15, 0.2) is 0 Å². The van der Waals surface area contributed by atoms with Gasteiger partial charge in [-0.15, -0.1) is 0 Å². The summed E-state index contributed by atoms with van der Waals surface area (Å²) in [6.07, 6.45) is 4.28. The molecule has 0 radical (unpaired) electrons. The molecule has 0 aliphatic heterocycles. The number of hydrogen-bond donors (Lipinski definition) is 0. The zero-order valence-corrected chi connectivity index (χ0v) is 12.2. The lowest BCUT2D eigenvalue weighted by molar-refractivity contribution is 0.112. The third kappa shape index (κ3) is 4.95. The molecule has 3 nitrogen and oxygen atoms in total. The van der Waals surface area contributed by atoms with E-state index in [1.165, 1.54) is 12.8 Å². The predicted octanol–water partition coefficient (Wildman–Crippen LogP) is 4.86. The van der Waals surface area contributed by atoms with Gasteiger partial charge in [0, 0.05) is 5.56 Å². The summed E-state index contributed by atoms with van der Waals surface area (Å²) in [5.74, 6) is 2.31. The highest BCUT2D eigenvalue weighted by atomic mass is 16.5. The van der Waals surface area contributed by atoms with Gasteiger partial charge < -0.3 is 9.47 Å². The lowest BCUT2D eigenvalue weighted by Gasteiger charge is -2.08. The highest BCUT2D eigenvalue weighted by Gasteiger charge is 1.99. The minimum atomic E-state index is 0.637. The standard InChI is InChI=1S/C18H20O3/c1-2-3-4-13-20-16-9-11-18(12-10-16)21-17-7-5-15(14-19)6-8-17/h5-12,14H,2-4,13H2,1H3. The van der Waals surface area contributed by atoms with Crippen molar-refractivity contribution in [2.45, 2.75) is 26.2 Å². The van der Waals surface area contributed by atoms with E-state index >= 15 is 0 Å². The number of rotatable bonds is 8. The molecular weight excluding hydrogens is 264 g/mol. The fraction of sp³-hybridized carbons (Fsp3) is 0.278. The van der Waals surface area contributed by atoms with Gasteiger partial charge in [0.2, 0.25) is 0 Å². The van der Waals surface area contributed by atoms with Gasteiger partial charge in [0.05, 0.1) is 6.61 Å². The second-order valence-corrected chi connectivity index (χ2v) is 4.82. The third-order valence-electron chi connectivity index (χ3n) is 3.09. The third-order valence-corrected chi connectivity index (χ3v) is 3.09. The highest BCUT2D eigenvalue weighted by molar-refractivity contribution is 5.74. The largest absolute Gasteiger partial charge is 0.494 e. The first-order chi connectivity index (χ1) is 10.3. The Kier molecular flexibility index (Phi) is 5.83.